The zero-order valence-electron chi connectivity index (χ0n) is 10.3. The summed E-state index contributed by atoms with van der Waals surface area (Å²) in [6.45, 7) is 7.64. The number of hydrogen-bond acceptors (Lipinski definition) is 3. The molecular weight excluding hydrogens is 192 g/mol. The highest BCUT2D eigenvalue weighted by Crippen LogP contribution is 2.15. The topological polar surface area (TPSA) is 46.5 Å². The van der Waals surface area contributed by atoms with Crippen LogP contribution in [0.3, 0.4) is 0 Å². The van der Waals surface area contributed by atoms with Crippen LogP contribution in [0.4, 0.5) is 0 Å². The molecule has 0 heterocycles. The number of aliphatic hydroxyl groups excluding tert-OH is 1. The first kappa shape index (κ1) is 14.4. The number of aliphatic hydroxyl groups is 1. The second-order valence-corrected chi connectivity index (χ2v) is 4.43. The molecule has 0 aliphatic heterocycles. The van der Waals surface area contributed by atoms with Crippen molar-refractivity contribution in [3.63, 3.8) is 0 Å². The molecule has 0 rings (SSSR count). The van der Waals surface area contributed by atoms with Gasteiger partial charge in [-0.1, -0.05) is 26.7 Å². The molecule has 0 spiro atoms. The first-order chi connectivity index (χ1) is 6.97. The van der Waals surface area contributed by atoms with Crippen molar-refractivity contribution < 1.29 is 14.6 Å². The van der Waals surface area contributed by atoms with E-state index in [4.69, 9.17) is 4.74 Å². The van der Waals surface area contributed by atoms with Gasteiger partial charge in [0, 0.05) is 0 Å². The minimum atomic E-state index is -0.385. The van der Waals surface area contributed by atoms with E-state index in [9.17, 15) is 9.90 Å². The Labute approximate surface area is 92.8 Å². The average molecular weight is 216 g/mol. The van der Waals surface area contributed by atoms with Gasteiger partial charge in [-0.2, -0.15) is 0 Å². The number of esters is 1. The Morgan fingerprint density at radius 3 is 2.40 bits per heavy atom. The summed E-state index contributed by atoms with van der Waals surface area (Å²) in [5, 5.41) is 9.72. The largest absolute Gasteiger partial charge is 0.463 e. The molecule has 0 bridgehead atoms. The van der Waals surface area contributed by atoms with Gasteiger partial charge in [0.05, 0.1) is 18.6 Å². The van der Waals surface area contributed by atoms with Gasteiger partial charge in [0.25, 0.3) is 0 Å². The quantitative estimate of drug-likeness (QED) is 0.665. The lowest BCUT2D eigenvalue weighted by Gasteiger charge is -2.18. The predicted octanol–water partition coefficient (Wildman–Crippen LogP) is 2.52. The van der Waals surface area contributed by atoms with E-state index in [1.54, 1.807) is 0 Å². The highest BCUT2D eigenvalue weighted by Gasteiger charge is 2.18. The third kappa shape index (κ3) is 7.37. The van der Waals surface area contributed by atoms with E-state index in [0.29, 0.717) is 6.42 Å². The predicted molar refractivity (Wildman–Crippen MR) is 60.5 cm³/mol. The molecule has 0 amide bonds. The van der Waals surface area contributed by atoms with E-state index in [-0.39, 0.29) is 24.1 Å². The Morgan fingerprint density at radius 1 is 1.33 bits per heavy atom. The van der Waals surface area contributed by atoms with Crippen molar-refractivity contribution in [2.75, 3.05) is 0 Å². The Morgan fingerprint density at radius 2 is 1.93 bits per heavy atom. The molecule has 2 atom stereocenters. The van der Waals surface area contributed by atoms with Gasteiger partial charge >= 0.3 is 5.97 Å². The van der Waals surface area contributed by atoms with E-state index >= 15 is 0 Å². The maximum atomic E-state index is 11.3. The fourth-order valence-corrected chi connectivity index (χ4v) is 1.41. The van der Waals surface area contributed by atoms with Gasteiger partial charge in [-0.3, -0.25) is 4.79 Å². The molecule has 1 N–H and O–H groups in total. The normalized spacial score (nSPS) is 15.1. The minimum absolute atomic E-state index is 0.0113. The van der Waals surface area contributed by atoms with Gasteiger partial charge in [0.1, 0.15) is 0 Å². The third-order valence-electron chi connectivity index (χ3n) is 2.37. The zero-order chi connectivity index (χ0) is 11.8. The molecule has 0 aromatic carbocycles. The summed E-state index contributed by atoms with van der Waals surface area (Å²) >= 11 is 0. The fraction of sp³-hybridized carbons (Fsp3) is 0.917. The monoisotopic (exact) mass is 216 g/mol. The summed E-state index contributed by atoms with van der Waals surface area (Å²) in [5.41, 5.74) is 0. The summed E-state index contributed by atoms with van der Waals surface area (Å²) in [4.78, 5) is 11.3. The molecule has 15 heavy (non-hydrogen) atoms. The van der Waals surface area contributed by atoms with E-state index in [1.807, 2.05) is 20.8 Å². The molecule has 3 heteroatoms. The lowest BCUT2D eigenvalue weighted by Crippen LogP contribution is -2.23. The second-order valence-electron chi connectivity index (χ2n) is 4.43. The molecule has 0 unspecified atom stereocenters. The molecule has 0 aliphatic carbocycles. The summed E-state index contributed by atoms with van der Waals surface area (Å²) in [5.74, 6) is -0.226. The highest BCUT2D eigenvalue weighted by atomic mass is 16.5. The lowest BCUT2D eigenvalue weighted by molar-refractivity contribution is -0.149. The van der Waals surface area contributed by atoms with Crippen molar-refractivity contribution in [1.29, 1.82) is 0 Å². The molecule has 3 nitrogen and oxygen atoms in total. The van der Waals surface area contributed by atoms with Crippen molar-refractivity contribution >= 4 is 5.97 Å². The second kappa shape index (κ2) is 7.69. The minimum Gasteiger partial charge on any atom is -0.463 e. The maximum Gasteiger partial charge on any atom is 0.306 e. The number of carbonyl (C=O) groups is 1. The first-order valence-corrected chi connectivity index (χ1v) is 5.84. The van der Waals surface area contributed by atoms with Gasteiger partial charge in [-0.25, -0.2) is 0 Å². The van der Waals surface area contributed by atoms with Crippen LogP contribution < -0.4 is 0 Å². The van der Waals surface area contributed by atoms with Crippen LogP contribution in [-0.2, 0) is 9.53 Å². The fourth-order valence-electron chi connectivity index (χ4n) is 1.41. The van der Waals surface area contributed by atoms with E-state index < -0.39 is 0 Å². The van der Waals surface area contributed by atoms with E-state index in [0.717, 1.165) is 19.3 Å². The highest BCUT2D eigenvalue weighted by molar-refractivity contribution is 5.69. The van der Waals surface area contributed by atoms with Gasteiger partial charge < -0.3 is 9.84 Å². The van der Waals surface area contributed by atoms with Crippen LogP contribution in [0, 0.1) is 5.92 Å². The number of hydrogen-bond donors (Lipinski definition) is 1. The van der Waals surface area contributed by atoms with Crippen LogP contribution in [0.2, 0.25) is 0 Å². The number of ether oxygens (including phenoxy) is 1. The van der Waals surface area contributed by atoms with Crippen LogP contribution in [-0.4, -0.2) is 23.3 Å². The number of carbonyl (C=O) groups excluding carboxylic acids is 1. The Hall–Kier alpha value is -0.570. The number of unbranched alkanes of at least 4 members (excludes halogenated alkanes) is 1. The Kier molecular flexibility index (Phi) is 7.39. The van der Waals surface area contributed by atoms with Crippen molar-refractivity contribution in [3.05, 3.63) is 0 Å². The third-order valence-corrected chi connectivity index (χ3v) is 2.37. The molecule has 0 saturated heterocycles. The average Bonchev–Trinajstić information content (AvgIpc) is 2.12. The molecule has 0 aromatic heterocycles. The standard InChI is InChI=1S/C12H24O3/c1-5-6-7-11(13)10(4)8-12(14)15-9(2)3/h9-11,13H,5-8H2,1-4H3/t10-,11-/m0/s1. The summed E-state index contributed by atoms with van der Waals surface area (Å²) in [6, 6.07) is 0. The summed E-state index contributed by atoms with van der Waals surface area (Å²) in [7, 11) is 0. The smallest absolute Gasteiger partial charge is 0.306 e. The van der Waals surface area contributed by atoms with Crippen molar-refractivity contribution in [3.8, 4) is 0 Å². The first-order valence-electron chi connectivity index (χ1n) is 5.84. The molecule has 0 aliphatic rings. The molecular formula is C12H24O3. The Balaban J connectivity index is 3.79. The summed E-state index contributed by atoms with van der Waals surface area (Å²) < 4.78 is 5.03. The van der Waals surface area contributed by atoms with E-state index in [2.05, 4.69) is 6.92 Å². The van der Waals surface area contributed by atoms with Crippen LogP contribution in [0.1, 0.15) is 53.4 Å². The molecule has 90 valence electrons. The molecule has 0 radical (unpaired) electrons. The van der Waals surface area contributed by atoms with Crippen LogP contribution in [0.5, 0.6) is 0 Å². The van der Waals surface area contributed by atoms with Gasteiger partial charge in [0.15, 0.2) is 0 Å². The van der Waals surface area contributed by atoms with Gasteiger partial charge in [-0.05, 0) is 26.2 Å². The SMILES string of the molecule is CCCC[C@H](O)[C@@H](C)CC(=O)OC(C)C. The lowest BCUT2D eigenvalue weighted by atomic mass is 9.97. The van der Waals surface area contributed by atoms with Crippen LogP contribution in [0.15, 0.2) is 0 Å². The van der Waals surface area contributed by atoms with Crippen molar-refractivity contribution in [2.24, 2.45) is 5.92 Å². The maximum absolute atomic E-state index is 11.3. The van der Waals surface area contributed by atoms with Gasteiger partial charge in [-0.15, -0.1) is 0 Å². The van der Waals surface area contributed by atoms with E-state index in [1.165, 1.54) is 0 Å². The van der Waals surface area contributed by atoms with Crippen molar-refractivity contribution in [2.45, 2.75) is 65.6 Å². The summed E-state index contributed by atoms with van der Waals surface area (Å²) in [6.07, 6.45) is 2.70. The van der Waals surface area contributed by atoms with Crippen LogP contribution in [0.25, 0.3) is 0 Å². The molecule has 0 aromatic rings. The Bertz CT molecular complexity index is 178. The molecule has 0 fully saturated rings. The van der Waals surface area contributed by atoms with Gasteiger partial charge in [0.2, 0.25) is 0 Å². The molecule has 0 saturated carbocycles. The number of rotatable bonds is 7. The van der Waals surface area contributed by atoms with Crippen molar-refractivity contribution in [1.82, 2.24) is 0 Å². The zero-order valence-corrected chi connectivity index (χ0v) is 10.3. The van der Waals surface area contributed by atoms with Crippen LogP contribution >= 0.6 is 0 Å².